The van der Waals surface area contributed by atoms with Gasteiger partial charge < -0.3 is 27.6 Å². The highest BCUT2D eigenvalue weighted by Gasteiger charge is 2.78. The lowest BCUT2D eigenvalue weighted by Crippen LogP contribution is -2.85. The number of nitrogens with two attached hydrogens (primary N) is 3. The molecule has 0 aliphatic heterocycles. The molecule has 1 aromatic carbocycles. The second kappa shape index (κ2) is 13.0. The Bertz CT molecular complexity index is 1880. The molecule has 0 radical (unpaired) electrons. The van der Waals surface area contributed by atoms with Crippen LogP contribution in [-0.2, 0) is 38.6 Å². The lowest BCUT2D eigenvalue weighted by Gasteiger charge is -2.60. The van der Waals surface area contributed by atoms with Gasteiger partial charge in [-0.05, 0) is 69.0 Å². The molecule has 4 aliphatic carbocycles. The summed E-state index contributed by atoms with van der Waals surface area (Å²) in [6, 6.07) is 5.18. The van der Waals surface area contributed by atoms with E-state index in [9.17, 15) is 39.1 Å². The van der Waals surface area contributed by atoms with Gasteiger partial charge in [0.25, 0.3) is 5.91 Å². The first kappa shape index (κ1) is 36.0. The third-order valence-electron chi connectivity index (χ3n) is 11.7. The molecule has 4 aliphatic rings. The van der Waals surface area contributed by atoms with Crippen LogP contribution >= 0.6 is 0 Å². The van der Waals surface area contributed by atoms with Crippen molar-refractivity contribution >= 4 is 34.9 Å². The van der Waals surface area contributed by atoms with Crippen LogP contribution in [0.15, 0.2) is 30.6 Å². The van der Waals surface area contributed by atoms with E-state index < -0.39 is 81.5 Å². The van der Waals surface area contributed by atoms with E-state index in [0.29, 0.717) is 23.5 Å². The number of carbonyl (C=O) groups is 6. The minimum absolute atomic E-state index is 0.136. The molecule has 2 amide bonds. The van der Waals surface area contributed by atoms with Crippen LogP contribution in [0.4, 0.5) is 0 Å². The number of rotatable bonds is 8. The number of primary amides is 1. The molecule has 2 aromatic rings. The van der Waals surface area contributed by atoms with Crippen LogP contribution < -0.4 is 22.5 Å². The summed E-state index contributed by atoms with van der Waals surface area (Å²) in [4.78, 5) is 87.9. The molecular formula is C37H43N7O7. The van der Waals surface area contributed by atoms with E-state index in [-0.39, 0.29) is 29.7 Å². The standard InChI is InChI=1S/C37H43N7O7/c1-44(2)30-29(47)25(33(39)50)31(48)36(18-38)32(49)26-28(46)24-23(14-35(26,40)17-37(30,36)41)20(11-10-19-7-4-3-5-8-19)13-22(27(24)45)16-43-34(51)21-9-6-12-42-15-21/h6,9,12-13,15,19,25-26,30,45H,3-5,7-8,10-11,14,16-17,40-41H2,1-2H3,(H2,39,50)(H,43,51)/t25?,26?,30-,35-,36+,37-/m1/s1. The maximum Gasteiger partial charge on any atom is 0.253 e. The lowest BCUT2D eigenvalue weighted by molar-refractivity contribution is -0.166. The third-order valence-corrected chi connectivity index (χ3v) is 11.7. The van der Waals surface area contributed by atoms with Crippen molar-refractivity contribution in [2.24, 2.45) is 40.4 Å². The SMILES string of the molecule is CN(C)[C@@H]1C(=O)C(C(N)=O)C(=O)[C@@]2(C#N)C(=O)C3C(=O)c4c(O)c(CNC(=O)c5cccnc5)cc(CCC5CCCCC5)c4C[C@@]3(N)C[C@@]12N. The first-order chi connectivity index (χ1) is 24.1. The number of nitrogens with zero attached hydrogens (tertiary/aromatic N) is 3. The van der Waals surface area contributed by atoms with Crippen LogP contribution in [-0.4, -0.2) is 81.2 Å². The predicted molar refractivity (Wildman–Crippen MR) is 182 cm³/mol. The fraction of sp³-hybridized carbons (Fsp3) is 0.514. The van der Waals surface area contributed by atoms with Crippen molar-refractivity contribution in [1.82, 2.24) is 15.2 Å². The van der Waals surface area contributed by atoms with Gasteiger partial charge >= 0.3 is 0 Å². The number of benzene rings is 1. The van der Waals surface area contributed by atoms with Gasteiger partial charge in [0.1, 0.15) is 11.7 Å². The van der Waals surface area contributed by atoms with Crippen molar-refractivity contribution in [3.63, 3.8) is 0 Å². The first-order valence-electron chi connectivity index (χ1n) is 17.3. The molecular weight excluding hydrogens is 654 g/mol. The number of hydrogen-bond donors (Lipinski definition) is 5. The van der Waals surface area contributed by atoms with Gasteiger partial charge in [-0.15, -0.1) is 0 Å². The van der Waals surface area contributed by atoms with Gasteiger partial charge in [-0.3, -0.25) is 38.7 Å². The molecule has 268 valence electrons. The van der Waals surface area contributed by atoms with E-state index in [4.69, 9.17) is 17.2 Å². The summed E-state index contributed by atoms with van der Waals surface area (Å²) < 4.78 is 0. The second-order valence-corrected chi connectivity index (χ2v) is 15.0. The maximum absolute atomic E-state index is 14.8. The molecule has 0 spiro atoms. The van der Waals surface area contributed by atoms with E-state index in [0.717, 1.165) is 32.1 Å². The van der Waals surface area contributed by atoms with Gasteiger partial charge in [0.05, 0.1) is 28.8 Å². The maximum atomic E-state index is 14.8. The van der Waals surface area contributed by atoms with Crippen LogP contribution in [0.3, 0.4) is 0 Å². The summed E-state index contributed by atoms with van der Waals surface area (Å²) in [6.45, 7) is -0.164. The number of ketones is 4. The van der Waals surface area contributed by atoms with Crippen LogP contribution in [0, 0.1) is 34.5 Å². The number of nitrogens with one attached hydrogen (secondary N) is 1. The Balaban J connectivity index is 1.48. The molecule has 1 heterocycles. The zero-order valence-corrected chi connectivity index (χ0v) is 28.7. The minimum atomic E-state index is -2.83. The number of hydrogen-bond acceptors (Lipinski definition) is 12. The largest absolute Gasteiger partial charge is 0.507 e. The summed E-state index contributed by atoms with van der Waals surface area (Å²) in [5, 5.41) is 25.1. The van der Waals surface area contributed by atoms with Gasteiger partial charge in [0, 0.05) is 30.0 Å². The molecule has 6 rings (SSSR count). The fourth-order valence-electron chi connectivity index (χ4n) is 9.38. The highest BCUT2D eigenvalue weighted by molar-refractivity contribution is 6.33. The number of aromatic hydroxyl groups is 1. The summed E-state index contributed by atoms with van der Waals surface area (Å²) in [5.74, 6) is -10.2. The van der Waals surface area contributed by atoms with Crippen molar-refractivity contribution in [3.8, 4) is 11.8 Å². The molecule has 8 N–H and O–H groups in total. The zero-order valence-electron chi connectivity index (χ0n) is 28.7. The second-order valence-electron chi connectivity index (χ2n) is 15.0. The normalized spacial score (nSPS) is 30.6. The predicted octanol–water partition coefficient (Wildman–Crippen LogP) is 0.646. The first-order valence-corrected chi connectivity index (χ1v) is 17.3. The average Bonchev–Trinajstić information content (AvgIpc) is 3.07. The Kier molecular flexibility index (Phi) is 9.20. The van der Waals surface area contributed by atoms with Crippen molar-refractivity contribution < 1.29 is 33.9 Å². The molecule has 0 saturated heterocycles. The molecule has 51 heavy (non-hydrogen) atoms. The third kappa shape index (κ3) is 5.46. The molecule has 1 aromatic heterocycles. The van der Waals surface area contributed by atoms with E-state index in [1.807, 2.05) is 0 Å². The van der Waals surface area contributed by atoms with Crippen LogP contribution in [0.5, 0.6) is 5.75 Å². The quantitative estimate of drug-likeness (QED) is 0.238. The van der Waals surface area contributed by atoms with Crippen LogP contribution in [0.1, 0.15) is 82.4 Å². The molecule has 3 fully saturated rings. The van der Waals surface area contributed by atoms with Crippen molar-refractivity contribution in [2.75, 3.05) is 14.1 Å². The molecule has 14 nitrogen and oxygen atoms in total. The highest BCUT2D eigenvalue weighted by Crippen LogP contribution is 2.56. The minimum Gasteiger partial charge on any atom is -0.507 e. The van der Waals surface area contributed by atoms with Crippen LogP contribution in [0.25, 0.3) is 0 Å². The van der Waals surface area contributed by atoms with E-state index in [1.54, 1.807) is 24.3 Å². The smallest absolute Gasteiger partial charge is 0.253 e. The zero-order chi connectivity index (χ0) is 37.0. The number of likely N-dealkylation sites (N-methyl/N-ethyl adjacent to an activating group) is 1. The lowest BCUT2D eigenvalue weighted by atomic mass is 9.42. The number of pyridine rings is 1. The number of aryl methyl sites for hydroxylation is 1. The van der Waals surface area contributed by atoms with E-state index >= 15 is 0 Å². The number of amides is 2. The van der Waals surface area contributed by atoms with Crippen LogP contribution in [0.2, 0.25) is 0 Å². The Morgan fingerprint density at radius 1 is 1.10 bits per heavy atom. The summed E-state index contributed by atoms with van der Waals surface area (Å²) in [7, 11) is 2.93. The number of nitriles is 1. The van der Waals surface area contributed by atoms with Crippen molar-refractivity contribution in [3.05, 3.63) is 58.4 Å². The molecule has 14 heteroatoms. The van der Waals surface area contributed by atoms with Gasteiger partial charge in [-0.1, -0.05) is 38.2 Å². The number of phenols is 1. The number of fused-ring (bicyclic) bond motifs is 3. The summed E-state index contributed by atoms with van der Waals surface area (Å²) in [6.07, 6.45) is 9.18. The Morgan fingerprint density at radius 3 is 2.41 bits per heavy atom. The molecule has 2 unspecified atom stereocenters. The topological polar surface area (TPSA) is 253 Å². The fourth-order valence-corrected chi connectivity index (χ4v) is 9.38. The summed E-state index contributed by atoms with van der Waals surface area (Å²) >= 11 is 0. The van der Waals surface area contributed by atoms with E-state index in [1.165, 1.54) is 37.8 Å². The Labute approximate surface area is 295 Å². The molecule has 0 bridgehead atoms. The van der Waals surface area contributed by atoms with Gasteiger partial charge in [0.15, 0.2) is 34.5 Å². The van der Waals surface area contributed by atoms with Crippen molar-refractivity contribution in [2.45, 2.75) is 81.5 Å². The Morgan fingerprint density at radius 2 is 1.80 bits per heavy atom. The number of aromatic nitrogens is 1. The highest BCUT2D eigenvalue weighted by atomic mass is 16.3. The van der Waals surface area contributed by atoms with Gasteiger partial charge in [-0.2, -0.15) is 5.26 Å². The summed E-state index contributed by atoms with van der Waals surface area (Å²) in [5.41, 5.74) is 14.1. The number of Topliss-reactive ketones (excluding diaryl/α,β-unsaturated/α-hetero) is 4. The van der Waals surface area contributed by atoms with Gasteiger partial charge in [-0.25, -0.2) is 0 Å². The number of phenolic OH excluding ortho intramolecular Hbond substituents is 1. The average molecular weight is 698 g/mol. The monoisotopic (exact) mass is 697 g/mol. The molecule has 3 saturated carbocycles. The number of carbonyl (C=O) groups excluding carboxylic acids is 6. The Hall–Kier alpha value is -4.84. The van der Waals surface area contributed by atoms with Gasteiger partial charge in [0.2, 0.25) is 5.91 Å². The van der Waals surface area contributed by atoms with E-state index in [2.05, 4.69) is 10.3 Å². The van der Waals surface area contributed by atoms with Crippen molar-refractivity contribution in [1.29, 1.82) is 5.26 Å². The molecule has 6 atom stereocenters.